The van der Waals surface area contributed by atoms with E-state index in [0.717, 1.165) is 57.6 Å². The minimum Gasteiger partial charge on any atom is -0.384 e. The minimum atomic E-state index is 0.788. The first-order valence-electron chi connectivity index (χ1n) is 10.4. The van der Waals surface area contributed by atoms with E-state index in [9.17, 15) is 0 Å². The summed E-state index contributed by atoms with van der Waals surface area (Å²) in [6, 6.07) is 22.5. The Balaban J connectivity index is 1.57. The molecule has 4 rings (SSSR count). The molecule has 0 aliphatic carbocycles. The summed E-state index contributed by atoms with van der Waals surface area (Å²) in [6.07, 6.45) is 0. The molecular formula is C25H28N6. The zero-order chi connectivity index (χ0) is 21.8. The highest BCUT2D eigenvalue weighted by Gasteiger charge is 2.03. The number of likely N-dealkylation sites (N-methyl/N-ethyl adjacent to an activating group) is 1. The molecule has 0 fully saturated rings. The van der Waals surface area contributed by atoms with Gasteiger partial charge in [0.15, 0.2) is 0 Å². The van der Waals surface area contributed by atoms with E-state index in [2.05, 4.69) is 69.8 Å². The second-order valence-corrected chi connectivity index (χ2v) is 8.11. The van der Waals surface area contributed by atoms with Gasteiger partial charge >= 0.3 is 0 Å². The topological polar surface area (TPSA) is 56.1 Å². The van der Waals surface area contributed by atoms with Gasteiger partial charge in [-0.2, -0.15) is 10.2 Å². The average molecular weight is 413 g/mol. The van der Waals surface area contributed by atoms with Gasteiger partial charge in [0.1, 0.15) is 0 Å². The number of aromatic nitrogens is 1. The summed E-state index contributed by atoms with van der Waals surface area (Å²) in [5.74, 6) is 0. The lowest BCUT2D eigenvalue weighted by molar-refractivity contribution is 0.425. The van der Waals surface area contributed by atoms with Crippen LogP contribution in [-0.4, -0.2) is 51.2 Å². The van der Waals surface area contributed by atoms with Gasteiger partial charge in [0, 0.05) is 49.3 Å². The predicted octanol–water partition coefficient (Wildman–Crippen LogP) is 5.84. The van der Waals surface area contributed by atoms with Crippen molar-refractivity contribution >= 4 is 44.6 Å². The lowest BCUT2D eigenvalue weighted by Crippen LogP contribution is -2.20. The third-order valence-electron chi connectivity index (χ3n) is 5.13. The molecule has 0 unspecified atom stereocenters. The number of fused-ring (bicyclic) bond motifs is 2. The van der Waals surface area contributed by atoms with Crippen molar-refractivity contribution in [3.63, 3.8) is 0 Å². The van der Waals surface area contributed by atoms with Crippen LogP contribution in [0.5, 0.6) is 0 Å². The molecule has 0 aliphatic heterocycles. The van der Waals surface area contributed by atoms with Gasteiger partial charge in [-0.1, -0.05) is 12.1 Å². The third-order valence-corrected chi connectivity index (χ3v) is 5.13. The third kappa shape index (κ3) is 5.16. The van der Waals surface area contributed by atoms with Crippen LogP contribution >= 0.6 is 0 Å². The van der Waals surface area contributed by atoms with Gasteiger partial charge in [-0.05, 0) is 68.7 Å². The van der Waals surface area contributed by atoms with Crippen molar-refractivity contribution in [3.8, 4) is 0 Å². The largest absolute Gasteiger partial charge is 0.384 e. The Labute approximate surface area is 183 Å². The number of rotatable bonds is 7. The van der Waals surface area contributed by atoms with Crippen LogP contribution < -0.4 is 10.2 Å². The van der Waals surface area contributed by atoms with E-state index in [-0.39, 0.29) is 0 Å². The molecule has 0 saturated carbocycles. The van der Waals surface area contributed by atoms with Gasteiger partial charge in [0.05, 0.1) is 22.4 Å². The number of nitrogens with one attached hydrogen (secondary N) is 1. The van der Waals surface area contributed by atoms with E-state index < -0.39 is 0 Å². The second-order valence-electron chi connectivity index (χ2n) is 8.11. The Morgan fingerprint density at radius 3 is 2.10 bits per heavy atom. The zero-order valence-electron chi connectivity index (χ0n) is 18.5. The molecule has 4 aromatic rings. The van der Waals surface area contributed by atoms with E-state index in [1.54, 1.807) is 0 Å². The maximum Gasteiger partial charge on any atom is 0.0879 e. The molecule has 3 aromatic carbocycles. The molecule has 0 spiro atoms. The normalized spacial score (nSPS) is 11.6. The standard InChI is InChI=1S/C25H28N6/c1-30(2)14-13-26-21-7-5-18-15-19-6-8-22(17-25(19)27-24(18)16-21)29-28-20-9-11-23(12-10-20)31(3)4/h5-12,15-17,26H,13-14H2,1-4H3. The molecule has 1 N–H and O–H groups in total. The van der Waals surface area contributed by atoms with Gasteiger partial charge in [-0.25, -0.2) is 4.98 Å². The van der Waals surface area contributed by atoms with Crippen LogP contribution in [0.15, 0.2) is 77.0 Å². The Bertz CT molecular complexity index is 1210. The monoisotopic (exact) mass is 412 g/mol. The Hall–Kier alpha value is -3.51. The van der Waals surface area contributed by atoms with Crippen LogP contribution in [0.25, 0.3) is 21.8 Å². The number of benzene rings is 3. The fourth-order valence-corrected chi connectivity index (χ4v) is 3.34. The number of hydrogen-bond donors (Lipinski definition) is 1. The van der Waals surface area contributed by atoms with Gasteiger partial charge in [0.2, 0.25) is 0 Å². The molecule has 1 aromatic heterocycles. The molecule has 6 nitrogen and oxygen atoms in total. The summed E-state index contributed by atoms with van der Waals surface area (Å²) < 4.78 is 0. The van der Waals surface area contributed by atoms with Crippen LogP contribution in [0.4, 0.5) is 22.7 Å². The van der Waals surface area contributed by atoms with Crippen LogP contribution in [0.3, 0.4) is 0 Å². The van der Waals surface area contributed by atoms with Crippen molar-refractivity contribution in [3.05, 3.63) is 66.7 Å². The minimum absolute atomic E-state index is 0.788. The molecular weight excluding hydrogens is 384 g/mol. The van der Waals surface area contributed by atoms with E-state index in [1.165, 1.54) is 0 Å². The molecule has 6 heteroatoms. The summed E-state index contributed by atoms with van der Waals surface area (Å²) in [5.41, 5.74) is 5.71. The molecule has 1 heterocycles. The van der Waals surface area contributed by atoms with Crippen LogP contribution in [-0.2, 0) is 0 Å². The van der Waals surface area contributed by atoms with Crippen molar-refractivity contribution in [2.24, 2.45) is 10.2 Å². The van der Waals surface area contributed by atoms with Gasteiger partial charge < -0.3 is 15.1 Å². The van der Waals surface area contributed by atoms with Crippen molar-refractivity contribution in [2.45, 2.75) is 0 Å². The number of pyridine rings is 1. The number of nitrogens with zero attached hydrogens (tertiary/aromatic N) is 5. The van der Waals surface area contributed by atoms with Gasteiger partial charge in [-0.15, -0.1) is 0 Å². The Morgan fingerprint density at radius 2 is 1.39 bits per heavy atom. The highest BCUT2D eigenvalue weighted by molar-refractivity contribution is 5.94. The number of anilines is 2. The van der Waals surface area contributed by atoms with Gasteiger partial charge in [0.25, 0.3) is 0 Å². The molecule has 158 valence electrons. The van der Waals surface area contributed by atoms with Crippen LogP contribution in [0, 0.1) is 0 Å². The first-order valence-corrected chi connectivity index (χ1v) is 10.4. The Kier molecular flexibility index (Phi) is 6.09. The fourth-order valence-electron chi connectivity index (χ4n) is 3.34. The molecule has 0 atom stereocenters. The lowest BCUT2D eigenvalue weighted by atomic mass is 10.1. The van der Waals surface area contributed by atoms with Crippen LogP contribution in [0.2, 0.25) is 0 Å². The maximum atomic E-state index is 4.87. The fraction of sp³-hybridized carbons (Fsp3) is 0.240. The predicted molar refractivity (Wildman–Crippen MR) is 131 cm³/mol. The van der Waals surface area contributed by atoms with Crippen molar-refractivity contribution < 1.29 is 0 Å². The Morgan fingerprint density at radius 1 is 0.742 bits per heavy atom. The maximum absolute atomic E-state index is 4.87. The number of azo groups is 1. The molecule has 0 saturated heterocycles. The SMILES string of the molecule is CN(C)CCNc1ccc2cc3ccc(N=Nc4ccc(N(C)C)cc4)cc3nc2c1. The summed E-state index contributed by atoms with van der Waals surface area (Å²) in [6.45, 7) is 1.88. The lowest BCUT2D eigenvalue weighted by Gasteiger charge is -2.12. The first kappa shape index (κ1) is 20.8. The van der Waals surface area contributed by atoms with Crippen molar-refractivity contribution in [1.29, 1.82) is 0 Å². The van der Waals surface area contributed by atoms with E-state index in [4.69, 9.17) is 4.98 Å². The number of hydrogen-bond acceptors (Lipinski definition) is 6. The molecule has 0 aliphatic rings. The smallest absolute Gasteiger partial charge is 0.0879 e. The highest BCUT2D eigenvalue weighted by Crippen LogP contribution is 2.27. The quantitative estimate of drug-likeness (QED) is 0.306. The summed E-state index contributed by atoms with van der Waals surface area (Å²) in [7, 11) is 8.18. The summed E-state index contributed by atoms with van der Waals surface area (Å²) in [5, 5.41) is 14.5. The summed E-state index contributed by atoms with van der Waals surface area (Å²) in [4.78, 5) is 9.09. The summed E-state index contributed by atoms with van der Waals surface area (Å²) >= 11 is 0. The van der Waals surface area contributed by atoms with Crippen molar-refractivity contribution in [1.82, 2.24) is 9.88 Å². The first-order chi connectivity index (χ1) is 15.0. The average Bonchev–Trinajstić information content (AvgIpc) is 2.76. The van der Waals surface area contributed by atoms with Crippen molar-refractivity contribution in [2.75, 3.05) is 51.5 Å². The van der Waals surface area contributed by atoms with E-state index in [0.29, 0.717) is 0 Å². The van der Waals surface area contributed by atoms with E-state index in [1.807, 2.05) is 50.5 Å². The molecule has 0 radical (unpaired) electrons. The van der Waals surface area contributed by atoms with Gasteiger partial charge in [-0.3, -0.25) is 0 Å². The van der Waals surface area contributed by atoms with Crippen LogP contribution in [0.1, 0.15) is 0 Å². The second kappa shape index (κ2) is 9.10. The molecule has 31 heavy (non-hydrogen) atoms. The van der Waals surface area contributed by atoms with E-state index >= 15 is 0 Å². The molecule has 0 bridgehead atoms. The highest BCUT2D eigenvalue weighted by atomic mass is 15.1. The molecule has 0 amide bonds. The zero-order valence-corrected chi connectivity index (χ0v) is 18.5.